The number of nitrogens with one attached hydrogen (secondary N) is 1. The third kappa shape index (κ3) is 1.82. The first kappa shape index (κ1) is 10.4. The molecule has 0 amide bonds. The summed E-state index contributed by atoms with van der Waals surface area (Å²) >= 11 is 0. The highest BCUT2D eigenvalue weighted by atomic mass is 16.5. The average molecular weight is 216 g/mol. The molecule has 1 aromatic carbocycles. The largest absolute Gasteiger partial charge is 0.496 e. The molecule has 0 aliphatic rings. The van der Waals surface area contributed by atoms with E-state index in [2.05, 4.69) is 10.2 Å². The lowest BCUT2D eigenvalue weighted by Gasteiger charge is -2.07. The van der Waals surface area contributed by atoms with Gasteiger partial charge < -0.3 is 4.74 Å². The minimum absolute atomic E-state index is 0.00408. The lowest BCUT2D eigenvalue weighted by molar-refractivity contribution is 0.101. The summed E-state index contributed by atoms with van der Waals surface area (Å²) in [6, 6.07) is 5.48. The SMILES string of the molecule is COc1cc(-c2cn[nH]c2)ccc1C(C)=O. The molecule has 2 aromatic rings. The van der Waals surface area contributed by atoms with Crippen LogP contribution in [0.5, 0.6) is 5.75 Å². The predicted molar refractivity (Wildman–Crippen MR) is 60.6 cm³/mol. The molecule has 0 unspecified atom stereocenters. The summed E-state index contributed by atoms with van der Waals surface area (Å²) in [7, 11) is 1.56. The Morgan fingerprint density at radius 2 is 2.19 bits per heavy atom. The Morgan fingerprint density at radius 3 is 2.75 bits per heavy atom. The second kappa shape index (κ2) is 4.18. The molecule has 2 rings (SSSR count). The van der Waals surface area contributed by atoms with Crippen molar-refractivity contribution >= 4 is 5.78 Å². The van der Waals surface area contributed by atoms with Crippen LogP contribution in [0.25, 0.3) is 11.1 Å². The first-order valence-corrected chi connectivity index (χ1v) is 4.90. The number of rotatable bonds is 3. The number of aromatic amines is 1. The summed E-state index contributed by atoms with van der Waals surface area (Å²) < 4.78 is 5.19. The van der Waals surface area contributed by atoms with Gasteiger partial charge in [-0.1, -0.05) is 6.07 Å². The van der Waals surface area contributed by atoms with E-state index in [1.807, 2.05) is 12.1 Å². The maximum absolute atomic E-state index is 11.3. The first-order valence-electron chi connectivity index (χ1n) is 4.90. The minimum atomic E-state index is -0.00408. The lowest BCUT2D eigenvalue weighted by Crippen LogP contribution is -1.97. The monoisotopic (exact) mass is 216 g/mol. The second-order valence-corrected chi connectivity index (χ2v) is 3.46. The highest BCUT2D eigenvalue weighted by molar-refractivity contribution is 5.97. The molecule has 0 saturated heterocycles. The Kier molecular flexibility index (Phi) is 2.72. The number of carbonyl (C=O) groups excluding carboxylic acids is 1. The standard InChI is InChI=1S/C12H12N2O2/c1-8(15)11-4-3-9(5-12(11)16-2)10-6-13-14-7-10/h3-7H,1-2H3,(H,13,14). The highest BCUT2D eigenvalue weighted by Gasteiger charge is 2.09. The molecular formula is C12H12N2O2. The van der Waals surface area contributed by atoms with Crippen molar-refractivity contribution in [2.45, 2.75) is 6.92 Å². The molecule has 0 bridgehead atoms. The van der Waals surface area contributed by atoms with E-state index >= 15 is 0 Å². The van der Waals surface area contributed by atoms with Crippen LogP contribution in [0.15, 0.2) is 30.6 Å². The van der Waals surface area contributed by atoms with Crippen LogP contribution in [-0.2, 0) is 0 Å². The Hall–Kier alpha value is -2.10. The van der Waals surface area contributed by atoms with Crippen LogP contribution in [0.4, 0.5) is 0 Å². The van der Waals surface area contributed by atoms with Gasteiger partial charge in [0.05, 0.1) is 18.9 Å². The van der Waals surface area contributed by atoms with Crippen LogP contribution < -0.4 is 4.74 Å². The van der Waals surface area contributed by atoms with E-state index < -0.39 is 0 Å². The number of ketones is 1. The van der Waals surface area contributed by atoms with Gasteiger partial charge in [-0.25, -0.2) is 0 Å². The summed E-state index contributed by atoms with van der Waals surface area (Å²) in [5.41, 5.74) is 2.53. The minimum Gasteiger partial charge on any atom is -0.496 e. The first-order chi connectivity index (χ1) is 7.72. The van der Waals surface area contributed by atoms with Gasteiger partial charge in [-0.15, -0.1) is 0 Å². The molecule has 1 aromatic heterocycles. The topological polar surface area (TPSA) is 55.0 Å². The molecule has 0 aliphatic heterocycles. The number of nitrogens with zero attached hydrogens (tertiary/aromatic N) is 1. The van der Waals surface area contributed by atoms with Gasteiger partial charge >= 0.3 is 0 Å². The summed E-state index contributed by atoms with van der Waals surface area (Å²) in [6.07, 6.45) is 3.52. The van der Waals surface area contributed by atoms with Crippen molar-refractivity contribution in [3.63, 3.8) is 0 Å². The molecule has 0 fully saturated rings. The summed E-state index contributed by atoms with van der Waals surface area (Å²) in [4.78, 5) is 11.3. The number of aromatic nitrogens is 2. The number of H-pyrrole nitrogens is 1. The van der Waals surface area contributed by atoms with Crippen molar-refractivity contribution in [1.29, 1.82) is 0 Å². The lowest BCUT2D eigenvalue weighted by atomic mass is 10.0. The number of hydrogen-bond donors (Lipinski definition) is 1. The molecule has 16 heavy (non-hydrogen) atoms. The maximum atomic E-state index is 11.3. The van der Waals surface area contributed by atoms with Crippen molar-refractivity contribution < 1.29 is 9.53 Å². The summed E-state index contributed by atoms with van der Waals surface area (Å²) in [5, 5.41) is 6.62. The van der Waals surface area contributed by atoms with Crippen LogP contribution in [0.1, 0.15) is 17.3 Å². The van der Waals surface area contributed by atoms with E-state index in [4.69, 9.17) is 4.74 Å². The van der Waals surface area contributed by atoms with Crippen molar-refractivity contribution in [2.75, 3.05) is 7.11 Å². The molecule has 0 spiro atoms. The molecule has 0 saturated carbocycles. The van der Waals surface area contributed by atoms with Crippen molar-refractivity contribution in [3.8, 4) is 16.9 Å². The van der Waals surface area contributed by atoms with Crippen molar-refractivity contribution in [3.05, 3.63) is 36.2 Å². The van der Waals surface area contributed by atoms with E-state index in [0.29, 0.717) is 11.3 Å². The zero-order valence-corrected chi connectivity index (χ0v) is 9.15. The fourth-order valence-electron chi connectivity index (χ4n) is 1.57. The Bertz CT molecular complexity index is 504. The third-order valence-corrected chi connectivity index (χ3v) is 2.41. The van der Waals surface area contributed by atoms with Crippen molar-refractivity contribution in [1.82, 2.24) is 10.2 Å². The molecule has 0 radical (unpaired) electrons. The number of ether oxygens (including phenoxy) is 1. The van der Waals surface area contributed by atoms with E-state index in [0.717, 1.165) is 11.1 Å². The molecule has 4 heteroatoms. The van der Waals surface area contributed by atoms with E-state index in [9.17, 15) is 4.79 Å². The van der Waals surface area contributed by atoms with Gasteiger partial charge in [-0.2, -0.15) is 5.10 Å². The predicted octanol–water partition coefficient (Wildman–Crippen LogP) is 2.29. The van der Waals surface area contributed by atoms with Crippen molar-refractivity contribution in [2.24, 2.45) is 0 Å². The van der Waals surface area contributed by atoms with Crippen LogP contribution in [0.3, 0.4) is 0 Å². The molecule has 82 valence electrons. The second-order valence-electron chi connectivity index (χ2n) is 3.46. The van der Waals surface area contributed by atoms with Crippen LogP contribution in [0, 0.1) is 0 Å². The maximum Gasteiger partial charge on any atom is 0.163 e. The molecule has 0 atom stereocenters. The normalized spacial score (nSPS) is 10.1. The Labute approximate surface area is 93.3 Å². The van der Waals surface area contributed by atoms with Crippen LogP contribution in [-0.4, -0.2) is 23.1 Å². The molecule has 1 heterocycles. The zero-order valence-electron chi connectivity index (χ0n) is 9.15. The zero-order chi connectivity index (χ0) is 11.5. The van der Waals surface area contributed by atoms with Gasteiger partial charge in [0.15, 0.2) is 5.78 Å². The van der Waals surface area contributed by atoms with Gasteiger partial charge in [-0.3, -0.25) is 9.89 Å². The summed E-state index contributed by atoms with van der Waals surface area (Å²) in [5.74, 6) is 0.585. The molecular weight excluding hydrogens is 204 g/mol. The number of methoxy groups -OCH3 is 1. The van der Waals surface area contributed by atoms with Gasteiger partial charge in [0.2, 0.25) is 0 Å². The van der Waals surface area contributed by atoms with Gasteiger partial charge in [0, 0.05) is 11.8 Å². The van der Waals surface area contributed by atoms with Gasteiger partial charge in [0.25, 0.3) is 0 Å². The number of hydrogen-bond acceptors (Lipinski definition) is 3. The smallest absolute Gasteiger partial charge is 0.163 e. The quantitative estimate of drug-likeness (QED) is 0.801. The van der Waals surface area contributed by atoms with E-state index in [-0.39, 0.29) is 5.78 Å². The molecule has 4 nitrogen and oxygen atoms in total. The van der Waals surface area contributed by atoms with E-state index in [1.165, 1.54) is 6.92 Å². The molecule has 1 N–H and O–H groups in total. The Balaban J connectivity index is 2.49. The number of carbonyl (C=O) groups is 1. The third-order valence-electron chi connectivity index (χ3n) is 2.41. The number of Topliss-reactive ketones (excluding diaryl/α,β-unsaturated/α-hetero) is 1. The molecule has 0 aliphatic carbocycles. The fraction of sp³-hybridized carbons (Fsp3) is 0.167. The van der Waals surface area contributed by atoms with E-state index in [1.54, 1.807) is 25.6 Å². The average Bonchev–Trinajstić information content (AvgIpc) is 2.81. The van der Waals surface area contributed by atoms with Crippen LogP contribution in [0.2, 0.25) is 0 Å². The van der Waals surface area contributed by atoms with Crippen LogP contribution >= 0.6 is 0 Å². The highest BCUT2D eigenvalue weighted by Crippen LogP contribution is 2.26. The number of benzene rings is 1. The Morgan fingerprint density at radius 1 is 1.38 bits per heavy atom. The van der Waals surface area contributed by atoms with Gasteiger partial charge in [-0.05, 0) is 24.6 Å². The summed E-state index contributed by atoms with van der Waals surface area (Å²) in [6.45, 7) is 1.52. The van der Waals surface area contributed by atoms with Gasteiger partial charge in [0.1, 0.15) is 5.75 Å². The fourth-order valence-corrected chi connectivity index (χ4v) is 1.57.